The molecule has 2 aliphatic heterocycles. The lowest BCUT2D eigenvalue weighted by molar-refractivity contribution is -0.885. The van der Waals surface area contributed by atoms with E-state index in [2.05, 4.69) is 28.2 Å². The highest BCUT2D eigenvalue weighted by atomic mass is 32.2. The van der Waals surface area contributed by atoms with Gasteiger partial charge in [-0.05, 0) is 58.0 Å². The highest BCUT2D eigenvalue weighted by Crippen LogP contribution is 2.40. The maximum atomic E-state index is 13.7. The van der Waals surface area contributed by atoms with Crippen molar-refractivity contribution in [3.63, 3.8) is 0 Å². The second-order valence-electron chi connectivity index (χ2n) is 9.96. The molecule has 3 heterocycles. The molecule has 3 aromatic rings. The van der Waals surface area contributed by atoms with E-state index in [4.69, 9.17) is 0 Å². The second kappa shape index (κ2) is 10.4. The number of alkyl halides is 3. The fourth-order valence-corrected chi connectivity index (χ4v) is 6.67. The van der Waals surface area contributed by atoms with E-state index in [-0.39, 0.29) is 23.7 Å². The third-order valence-corrected chi connectivity index (χ3v) is 9.10. The number of likely N-dealkylation sites (N-methyl/N-ethyl adjacent to an activating group) is 1. The van der Waals surface area contributed by atoms with Gasteiger partial charge in [-0.3, -0.25) is 0 Å². The van der Waals surface area contributed by atoms with Gasteiger partial charge in [0.15, 0.2) is 0 Å². The molecule has 0 unspecified atom stereocenters. The normalized spacial score (nSPS) is 17.8. The van der Waals surface area contributed by atoms with E-state index < -0.39 is 21.9 Å². The molecule has 13 heteroatoms. The van der Waals surface area contributed by atoms with Crippen molar-refractivity contribution in [2.24, 2.45) is 0 Å². The monoisotopic (exact) mass is 567 g/mol. The van der Waals surface area contributed by atoms with Crippen molar-refractivity contribution in [1.29, 1.82) is 0 Å². The molecule has 0 spiro atoms. The highest BCUT2D eigenvalue weighted by Gasteiger charge is 2.33. The average molecular weight is 568 g/mol. The van der Waals surface area contributed by atoms with Gasteiger partial charge < -0.3 is 9.96 Å². The van der Waals surface area contributed by atoms with Crippen molar-refractivity contribution in [1.82, 2.24) is 13.7 Å². The molecule has 204 valence electrons. The number of rotatable bonds is 5. The van der Waals surface area contributed by atoms with Crippen molar-refractivity contribution in [3.05, 3.63) is 71.1 Å². The molecule has 0 amide bonds. The number of fused-ring (bicyclic) bond motifs is 1. The van der Waals surface area contributed by atoms with Crippen LogP contribution in [0.5, 0.6) is 0 Å². The Morgan fingerprint density at radius 2 is 1.87 bits per heavy atom. The Labute approximate surface area is 223 Å². The van der Waals surface area contributed by atoms with Crippen LogP contribution in [-0.2, 0) is 29.4 Å². The molecule has 38 heavy (non-hydrogen) atoms. The topological polar surface area (TPSA) is 105 Å². The first kappa shape index (κ1) is 28.2. The molecule has 0 radical (unpaired) electrons. The van der Waals surface area contributed by atoms with E-state index in [0.717, 1.165) is 63.0 Å². The third kappa shape index (κ3) is 5.76. The summed E-state index contributed by atoms with van der Waals surface area (Å²) < 4.78 is 75.2. The van der Waals surface area contributed by atoms with E-state index in [1.807, 2.05) is 24.3 Å². The SMILES string of the molecule is C[N+]1(C)CC=C(c2cc(C(F)(F)F)ccc2-c2cccc3c2CCN(S(=O)(=O)Nc2ncns2)C3)CC1.[OH-]. The van der Waals surface area contributed by atoms with Gasteiger partial charge in [0.25, 0.3) is 0 Å². The number of nitrogens with one attached hydrogen (secondary N) is 1. The van der Waals surface area contributed by atoms with E-state index in [1.54, 1.807) is 6.07 Å². The number of nitrogens with zero attached hydrogens (tertiary/aromatic N) is 4. The largest absolute Gasteiger partial charge is 0.870 e. The van der Waals surface area contributed by atoms with E-state index >= 15 is 0 Å². The molecule has 2 aliphatic rings. The zero-order chi connectivity index (χ0) is 26.4. The lowest BCUT2D eigenvalue weighted by Gasteiger charge is -2.33. The summed E-state index contributed by atoms with van der Waals surface area (Å²) in [6.45, 7) is 1.97. The highest BCUT2D eigenvalue weighted by molar-refractivity contribution is 7.90. The van der Waals surface area contributed by atoms with Gasteiger partial charge in [0.2, 0.25) is 5.13 Å². The van der Waals surface area contributed by atoms with Crippen LogP contribution in [0, 0.1) is 0 Å². The van der Waals surface area contributed by atoms with Gasteiger partial charge in [-0.15, -0.1) is 0 Å². The van der Waals surface area contributed by atoms with Crippen LogP contribution < -0.4 is 4.72 Å². The van der Waals surface area contributed by atoms with Crippen LogP contribution in [-0.4, -0.2) is 65.8 Å². The number of anilines is 1. The lowest BCUT2D eigenvalue weighted by Crippen LogP contribution is -2.42. The summed E-state index contributed by atoms with van der Waals surface area (Å²) in [4.78, 5) is 3.89. The second-order valence-corrected chi connectivity index (χ2v) is 12.4. The standard InChI is InChI=1S/C25H27F3N5O2S2.H2O/c1-33(2)12-9-17(10-13-33)23-14-19(25(26,27)28)6-7-22(23)21-5-3-4-18-15-32(11-8-20(18)21)37(34,35)31-24-29-16-30-36-24;/h3-7,9,14,16H,8,10-13,15H2,1-2H3,(H,29,30,31);1H2/q+1;/p-1. The predicted molar refractivity (Wildman–Crippen MR) is 140 cm³/mol. The van der Waals surface area contributed by atoms with Gasteiger partial charge in [0.05, 0.1) is 32.7 Å². The van der Waals surface area contributed by atoms with Gasteiger partial charge in [0.1, 0.15) is 6.33 Å². The summed E-state index contributed by atoms with van der Waals surface area (Å²) >= 11 is 0.952. The van der Waals surface area contributed by atoms with Crippen LogP contribution in [0.2, 0.25) is 0 Å². The fraction of sp³-hybridized carbons (Fsp3) is 0.360. The average Bonchev–Trinajstić information content (AvgIpc) is 3.35. The maximum absolute atomic E-state index is 13.7. The molecule has 0 saturated carbocycles. The number of benzene rings is 2. The first-order valence-corrected chi connectivity index (χ1v) is 14.0. The Balaban J connectivity index is 0.00000336. The number of aromatic nitrogens is 2. The van der Waals surface area contributed by atoms with Gasteiger partial charge >= 0.3 is 16.4 Å². The van der Waals surface area contributed by atoms with Crippen molar-refractivity contribution < 1.29 is 31.5 Å². The zero-order valence-electron chi connectivity index (χ0n) is 20.9. The van der Waals surface area contributed by atoms with E-state index in [1.165, 1.54) is 16.7 Å². The minimum Gasteiger partial charge on any atom is -0.870 e. The number of hydrogen-bond acceptors (Lipinski definition) is 6. The molecule has 0 fully saturated rings. The minimum absolute atomic E-state index is 0. The number of quaternary nitrogens is 1. The zero-order valence-corrected chi connectivity index (χ0v) is 22.5. The van der Waals surface area contributed by atoms with Crippen LogP contribution in [0.25, 0.3) is 16.7 Å². The van der Waals surface area contributed by atoms with Crippen LogP contribution in [0.1, 0.15) is 28.7 Å². The van der Waals surface area contributed by atoms with Gasteiger partial charge in [0, 0.05) is 31.0 Å². The van der Waals surface area contributed by atoms with Crippen molar-refractivity contribution in [2.45, 2.75) is 25.6 Å². The lowest BCUT2D eigenvalue weighted by atomic mass is 9.85. The third-order valence-electron chi connectivity index (χ3n) is 6.95. The molecule has 0 bridgehead atoms. The van der Waals surface area contributed by atoms with Crippen LogP contribution in [0.4, 0.5) is 18.3 Å². The van der Waals surface area contributed by atoms with Crippen molar-refractivity contribution in [2.75, 3.05) is 38.5 Å². The van der Waals surface area contributed by atoms with Crippen LogP contribution in [0.15, 0.2) is 48.8 Å². The Hall–Kier alpha value is -2.84. The summed E-state index contributed by atoms with van der Waals surface area (Å²) in [6, 6.07) is 9.57. The first-order valence-electron chi connectivity index (χ1n) is 11.8. The minimum atomic E-state index is -4.44. The molecule has 1 aromatic heterocycles. The Bertz CT molecular complexity index is 1460. The molecule has 0 aliphatic carbocycles. The number of hydrogen-bond donors (Lipinski definition) is 1. The predicted octanol–water partition coefficient (Wildman–Crippen LogP) is 4.63. The van der Waals surface area contributed by atoms with Crippen molar-refractivity contribution in [3.8, 4) is 11.1 Å². The summed E-state index contributed by atoms with van der Waals surface area (Å²) in [7, 11) is 0.380. The molecule has 2 N–H and O–H groups in total. The summed E-state index contributed by atoms with van der Waals surface area (Å²) in [6.07, 6.45) is 0.00336. The fourth-order valence-electron chi connectivity index (χ4n) is 4.87. The molecular formula is C25H28F3N5O3S2. The first-order chi connectivity index (χ1) is 17.4. The Morgan fingerprint density at radius 3 is 2.53 bits per heavy atom. The molecule has 0 atom stereocenters. The number of halogens is 3. The van der Waals surface area contributed by atoms with Gasteiger partial charge in [-0.1, -0.05) is 24.3 Å². The molecule has 0 saturated heterocycles. The molecular weight excluding hydrogens is 539 g/mol. The summed E-state index contributed by atoms with van der Waals surface area (Å²) in [5.74, 6) is 0. The van der Waals surface area contributed by atoms with E-state index in [9.17, 15) is 21.6 Å². The molecule has 5 rings (SSSR count). The van der Waals surface area contributed by atoms with Crippen LogP contribution >= 0.6 is 11.5 Å². The summed E-state index contributed by atoms with van der Waals surface area (Å²) in [5.41, 5.74) is 4.21. The Kier molecular flexibility index (Phi) is 7.70. The van der Waals surface area contributed by atoms with Crippen LogP contribution in [0.3, 0.4) is 0 Å². The molecule has 8 nitrogen and oxygen atoms in total. The smallest absolute Gasteiger partial charge is 0.416 e. The van der Waals surface area contributed by atoms with Gasteiger partial charge in [-0.2, -0.15) is 30.3 Å². The quantitative estimate of drug-likeness (QED) is 0.453. The summed E-state index contributed by atoms with van der Waals surface area (Å²) in [5, 5.41) is 0.191. The maximum Gasteiger partial charge on any atom is 0.416 e. The van der Waals surface area contributed by atoms with Gasteiger partial charge in [-0.25, -0.2) is 9.71 Å². The van der Waals surface area contributed by atoms with Crippen molar-refractivity contribution >= 4 is 32.4 Å². The Morgan fingerprint density at radius 1 is 1.08 bits per heavy atom. The van der Waals surface area contributed by atoms with E-state index in [0.29, 0.717) is 18.4 Å². The molecule has 2 aromatic carbocycles.